The van der Waals surface area contributed by atoms with Crippen LogP contribution in [0.25, 0.3) is 0 Å². The van der Waals surface area contributed by atoms with E-state index in [1.54, 1.807) is 11.3 Å². The van der Waals surface area contributed by atoms with Gasteiger partial charge in [-0.2, -0.15) is 0 Å². The molecule has 16 heavy (non-hydrogen) atoms. The third-order valence-corrected chi connectivity index (χ3v) is 4.65. The monoisotopic (exact) mass is 238 g/mol. The first-order valence-corrected chi connectivity index (χ1v) is 6.66. The number of hydrogen-bond acceptors (Lipinski definition) is 3. The highest BCUT2D eigenvalue weighted by Gasteiger charge is 2.51. The molecule has 0 radical (unpaired) electrons. The molecule has 0 aliphatic carbocycles. The highest BCUT2D eigenvalue weighted by atomic mass is 32.1. The normalized spacial score (nSPS) is 22.7. The Morgan fingerprint density at radius 1 is 1.19 bits per heavy atom. The lowest BCUT2D eigenvalue weighted by Gasteiger charge is -2.32. The van der Waals surface area contributed by atoms with Crippen LogP contribution in [0.3, 0.4) is 0 Å². The van der Waals surface area contributed by atoms with Crippen LogP contribution in [-0.4, -0.2) is 18.3 Å². The molecule has 0 aromatic carbocycles. The van der Waals surface area contributed by atoms with Crippen molar-refractivity contribution in [2.24, 2.45) is 0 Å². The van der Waals surface area contributed by atoms with Gasteiger partial charge in [-0.3, -0.25) is 0 Å². The van der Waals surface area contributed by atoms with Crippen LogP contribution in [0.15, 0.2) is 11.4 Å². The second-order valence-electron chi connectivity index (χ2n) is 5.29. The third kappa shape index (κ3) is 1.94. The largest absolute Gasteiger partial charge is 0.495 e. The van der Waals surface area contributed by atoms with Crippen molar-refractivity contribution in [1.82, 2.24) is 0 Å². The average Bonchev–Trinajstić information content (AvgIpc) is 2.70. The van der Waals surface area contributed by atoms with Crippen molar-refractivity contribution in [3.8, 4) is 0 Å². The standard InChI is InChI=1S/C12H19BO2S/c1-6-10-7-9(8-16-10)13-14-11(2,3)12(4,5)15-13/h7-8H,6H2,1-5H3. The zero-order chi connectivity index (χ0) is 12.0. The van der Waals surface area contributed by atoms with Crippen LogP contribution in [0.5, 0.6) is 0 Å². The molecule has 0 spiro atoms. The molecule has 0 amide bonds. The quantitative estimate of drug-likeness (QED) is 0.737. The number of rotatable bonds is 2. The molecule has 1 aliphatic heterocycles. The highest BCUT2D eigenvalue weighted by Crippen LogP contribution is 2.36. The summed E-state index contributed by atoms with van der Waals surface area (Å²) in [6, 6.07) is 2.19. The summed E-state index contributed by atoms with van der Waals surface area (Å²) in [7, 11) is -0.207. The van der Waals surface area contributed by atoms with Crippen LogP contribution < -0.4 is 5.46 Å². The molecule has 1 fully saturated rings. The molecule has 1 aromatic rings. The molecule has 2 heterocycles. The van der Waals surface area contributed by atoms with E-state index in [2.05, 4.69) is 46.1 Å². The maximum Gasteiger partial charge on any atom is 0.495 e. The van der Waals surface area contributed by atoms with Gasteiger partial charge in [0.25, 0.3) is 0 Å². The molecule has 2 nitrogen and oxygen atoms in total. The Kier molecular flexibility index (Phi) is 2.93. The topological polar surface area (TPSA) is 18.5 Å². The summed E-state index contributed by atoms with van der Waals surface area (Å²) < 4.78 is 12.0. The number of hydrogen-bond donors (Lipinski definition) is 0. The van der Waals surface area contributed by atoms with Crippen molar-refractivity contribution >= 4 is 23.9 Å². The molecular weight excluding hydrogens is 219 g/mol. The second-order valence-corrected chi connectivity index (χ2v) is 6.28. The average molecular weight is 238 g/mol. The van der Waals surface area contributed by atoms with Crippen molar-refractivity contribution in [2.75, 3.05) is 0 Å². The lowest BCUT2D eigenvalue weighted by atomic mass is 9.81. The minimum atomic E-state index is -0.244. The smallest absolute Gasteiger partial charge is 0.399 e. The van der Waals surface area contributed by atoms with Crippen LogP contribution in [0, 0.1) is 0 Å². The van der Waals surface area contributed by atoms with E-state index in [0.29, 0.717) is 0 Å². The van der Waals surface area contributed by atoms with Gasteiger partial charge in [0.15, 0.2) is 0 Å². The third-order valence-electron chi connectivity index (χ3n) is 3.55. The molecule has 0 atom stereocenters. The first-order valence-electron chi connectivity index (χ1n) is 5.78. The van der Waals surface area contributed by atoms with Gasteiger partial charge in [0.2, 0.25) is 0 Å². The summed E-state index contributed by atoms with van der Waals surface area (Å²) in [6.07, 6.45) is 1.07. The lowest BCUT2D eigenvalue weighted by molar-refractivity contribution is 0.00578. The van der Waals surface area contributed by atoms with Crippen LogP contribution in [-0.2, 0) is 15.7 Å². The Morgan fingerprint density at radius 3 is 2.19 bits per heavy atom. The van der Waals surface area contributed by atoms with E-state index < -0.39 is 0 Å². The Morgan fingerprint density at radius 2 is 1.75 bits per heavy atom. The maximum absolute atomic E-state index is 5.99. The van der Waals surface area contributed by atoms with Crippen LogP contribution in [0.2, 0.25) is 0 Å². The van der Waals surface area contributed by atoms with Gasteiger partial charge in [0.1, 0.15) is 0 Å². The summed E-state index contributed by atoms with van der Waals surface area (Å²) in [6.45, 7) is 10.5. The van der Waals surface area contributed by atoms with E-state index in [1.807, 2.05) is 0 Å². The molecule has 0 saturated carbocycles. The van der Waals surface area contributed by atoms with E-state index in [4.69, 9.17) is 9.31 Å². The Hall–Kier alpha value is -0.315. The molecule has 1 saturated heterocycles. The minimum absolute atomic E-state index is 0.207. The molecule has 88 valence electrons. The minimum Gasteiger partial charge on any atom is -0.399 e. The number of aryl methyl sites for hydroxylation is 1. The van der Waals surface area contributed by atoms with Crippen molar-refractivity contribution in [3.05, 3.63) is 16.3 Å². The molecule has 4 heteroatoms. The fourth-order valence-corrected chi connectivity index (χ4v) is 2.52. The summed E-state index contributed by atoms with van der Waals surface area (Å²) in [4.78, 5) is 1.38. The van der Waals surface area contributed by atoms with Crippen molar-refractivity contribution < 1.29 is 9.31 Å². The first kappa shape index (κ1) is 12.2. The van der Waals surface area contributed by atoms with Gasteiger partial charge in [-0.1, -0.05) is 6.92 Å². The van der Waals surface area contributed by atoms with Gasteiger partial charge >= 0.3 is 7.12 Å². The first-order chi connectivity index (χ1) is 7.36. The van der Waals surface area contributed by atoms with E-state index in [1.165, 1.54) is 4.88 Å². The van der Waals surface area contributed by atoms with Gasteiger partial charge in [-0.05, 0) is 51.0 Å². The Labute approximate surface area is 102 Å². The molecule has 2 rings (SSSR count). The van der Waals surface area contributed by atoms with Crippen molar-refractivity contribution in [1.29, 1.82) is 0 Å². The zero-order valence-electron chi connectivity index (χ0n) is 10.7. The summed E-state index contributed by atoms with van der Waals surface area (Å²) in [5.74, 6) is 0. The Bertz CT molecular complexity index is 368. The van der Waals surface area contributed by atoms with Gasteiger partial charge in [-0.25, -0.2) is 0 Å². The fourth-order valence-electron chi connectivity index (χ4n) is 1.69. The van der Waals surface area contributed by atoms with Gasteiger partial charge in [-0.15, -0.1) is 11.3 Å². The van der Waals surface area contributed by atoms with E-state index in [9.17, 15) is 0 Å². The van der Waals surface area contributed by atoms with Gasteiger partial charge in [0.05, 0.1) is 11.2 Å². The zero-order valence-corrected chi connectivity index (χ0v) is 11.5. The Balaban J connectivity index is 2.20. The molecule has 1 aliphatic rings. The predicted molar refractivity (Wildman–Crippen MR) is 69.4 cm³/mol. The van der Waals surface area contributed by atoms with Crippen LogP contribution in [0.1, 0.15) is 39.5 Å². The lowest BCUT2D eigenvalue weighted by Crippen LogP contribution is -2.41. The SMILES string of the molecule is CCc1cc(B2OC(C)(C)C(C)(C)O2)cs1. The molecular formula is C12H19BO2S. The molecule has 0 unspecified atom stereocenters. The summed E-state index contributed by atoms with van der Waals surface area (Å²) in [5, 5.41) is 2.14. The second kappa shape index (κ2) is 3.86. The van der Waals surface area contributed by atoms with Crippen LogP contribution >= 0.6 is 11.3 Å². The van der Waals surface area contributed by atoms with E-state index in [-0.39, 0.29) is 18.3 Å². The van der Waals surface area contributed by atoms with Crippen LogP contribution in [0.4, 0.5) is 0 Å². The maximum atomic E-state index is 5.99. The molecule has 0 bridgehead atoms. The molecule has 0 N–H and O–H groups in total. The molecule has 1 aromatic heterocycles. The van der Waals surface area contributed by atoms with Gasteiger partial charge in [0, 0.05) is 4.88 Å². The van der Waals surface area contributed by atoms with Gasteiger partial charge < -0.3 is 9.31 Å². The summed E-state index contributed by atoms with van der Waals surface area (Å²) in [5.41, 5.74) is 0.665. The van der Waals surface area contributed by atoms with Crippen molar-refractivity contribution in [3.63, 3.8) is 0 Å². The highest BCUT2D eigenvalue weighted by molar-refractivity contribution is 7.11. The van der Waals surface area contributed by atoms with E-state index >= 15 is 0 Å². The fraction of sp³-hybridized carbons (Fsp3) is 0.667. The predicted octanol–water partition coefficient (Wildman–Crippen LogP) is 2.61. The van der Waals surface area contributed by atoms with E-state index in [0.717, 1.165) is 11.9 Å². The van der Waals surface area contributed by atoms with Crippen molar-refractivity contribution in [2.45, 2.75) is 52.2 Å². The summed E-state index contributed by atoms with van der Waals surface area (Å²) >= 11 is 1.78. The number of thiophene rings is 1.